The van der Waals surface area contributed by atoms with Gasteiger partial charge in [0, 0.05) is 21.5 Å². The number of rotatable bonds is 8. The highest BCUT2D eigenvalue weighted by atomic mass is 35.5. The summed E-state index contributed by atoms with van der Waals surface area (Å²) in [7, 11) is 1.54. The van der Waals surface area contributed by atoms with Gasteiger partial charge in [0.15, 0.2) is 0 Å². The number of imide groups is 2. The number of para-hydroxylation sites is 1. The molecule has 2 aliphatic heterocycles. The summed E-state index contributed by atoms with van der Waals surface area (Å²) in [4.78, 5) is 60.3. The quantitative estimate of drug-likeness (QED) is 0.137. The van der Waals surface area contributed by atoms with Crippen LogP contribution in [0.4, 0.5) is 11.4 Å². The first-order chi connectivity index (χ1) is 26.0. The van der Waals surface area contributed by atoms with Crippen LogP contribution >= 0.6 is 34.8 Å². The van der Waals surface area contributed by atoms with E-state index in [0.717, 1.165) is 5.01 Å². The third-order valence-corrected chi connectivity index (χ3v) is 12.3. The van der Waals surface area contributed by atoms with Crippen molar-refractivity contribution in [2.75, 3.05) is 17.4 Å². The van der Waals surface area contributed by atoms with Gasteiger partial charge in [-0.2, -0.15) is 5.01 Å². The smallest absolute Gasteiger partial charge is 0.260 e. The number of hydrogen-bond acceptors (Lipinski definition) is 7. The summed E-state index contributed by atoms with van der Waals surface area (Å²) in [5, 5.41) is 14.1. The fraction of sp³-hybridized carbons (Fsp3) is 0.238. The molecule has 6 unspecified atom stereocenters. The Kier molecular flexibility index (Phi) is 9.07. The Bertz CT molecular complexity index is 2280. The number of nitrogens with zero attached hydrogens (tertiary/aromatic N) is 2. The van der Waals surface area contributed by atoms with Crippen molar-refractivity contribution in [3.05, 3.63) is 141 Å². The van der Waals surface area contributed by atoms with Crippen molar-refractivity contribution in [2.24, 2.45) is 23.7 Å². The van der Waals surface area contributed by atoms with E-state index in [-0.39, 0.29) is 41.1 Å². The zero-order chi connectivity index (χ0) is 38.1. The molecule has 0 aromatic heterocycles. The van der Waals surface area contributed by atoms with E-state index in [9.17, 15) is 19.5 Å². The number of phenolic OH excluding ortho intramolecular Hbond substituents is 1. The van der Waals surface area contributed by atoms with Gasteiger partial charge in [-0.15, -0.1) is 6.58 Å². The fourth-order valence-electron chi connectivity index (χ4n) is 9.20. The third-order valence-electron chi connectivity index (χ3n) is 11.5. The number of ether oxygens (including phenoxy) is 1. The molecule has 54 heavy (non-hydrogen) atoms. The number of carbonyl (C=O) groups excluding carboxylic acids is 4. The van der Waals surface area contributed by atoms with Crippen LogP contribution in [0, 0.1) is 23.7 Å². The van der Waals surface area contributed by atoms with E-state index in [0.29, 0.717) is 50.2 Å². The largest absolute Gasteiger partial charge is 0.507 e. The van der Waals surface area contributed by atoms with E-state index >= 15 is 4.79 Å². The summed E-state index contributed by atoms with van der Waals surface area (Å²) < 4.78 is 5.48. The first-order valence-corrected chi connectivity index (χ1v) is 18.6. The molecule has 6 atom stereocenters. The molecule has 274 valence electrons. The van der Waals surface area contributed by atoms with Gasteiger partial charge in [0.2, 0.25) is 11.8 Å². The maximum atomic E-state index is 15.5. The number of anilines is 2. The van der Waals surface area contributed by atoms with Crippen molar-refractivity contribution in [1.29, 1.82) is 0 Å². The second-order valence-corrected chi connectivity index (χ2v) is 15.3. The summed E-state index contributed by atoms with van der Waals surface area (Å²) in [6, 6.07) is 23.5. The summed E-state index contributed by atoms with van der Waals surface area (Å²) in [5.74, 6) is -5.44. The predicted molar refractivity (Wildman–Crippen MR) is 207 cm³/mol. The van der Waals surface area contributed by atoms with Gasteiger partial charge in [0.05, 0.1) is 46.7 Å². The number of halogens is 3. The number of fused-ring (bicyclic) bond motifs is 4. The molecule has 3 fully saturated rings. The molecule has 4 aromatic carbocycles. The number of benzene rings is 4. The molecule has 4 aromatic rings. The number of allylic oxidation sites excluding steroid dienone is 3. The molecule has 0 bridgehead atoms. The first kappa shape index (κ1) is 35.9. The highest BCUT2D eigenvalue weighted by molar-refractivity contribution is 6.36. The van der Waals surface area contributed by atoms with Crippen molar-refractivity contribution in [3.63, 3.8) is 0 Å². The molecule has 2 aliphatic carbocycles. The summed E-state index contributed by atoms with van der Waals surface area (Å²) in [5.41, 5.74) is 4.30. The van der Waals surface area contributed by atoms with Crippen LogP contribution in [0.2, 0.25) is 15.1 Å². The highest BCUT2D eigenvalue weighted by Crippen LogP contribution is 2.65. The Labute approximate surface area is 326 Å². The topological polar surface area (TPSA) is 116 Å². The maximum absolute atomic E-state index is 15.5. The Morgan fingerprint density at radius 2 is 1.63 bits per heavy atom. The monoisotopic (exact) mass is 781 g/mol. The van der Waals surface area contributed by atoms with E-state index in [1.165, 1.54) is 18.1 Å². The zero-order valence-electron chi connectivity index (χ0n) is 29.0. The minimum Gasteiger partial charge on any atom is -0.507 e. The van der Waals surface area contributed by atoms with Gasteiger partial charge in [0.25, 0.3) is 11.8 Å². The number of nitrogens with one attached hydrogen (secondary N) is 1. The Morgan fingerprint density at radius 1 is 0.907 bits per heavy atom. The number of phenols is 1. The molecule has 1 saturated carbocycles. The number of carbonyl (C=O) groups is 4. The molecular weight excluding hydrogens is 749 g/mol. The summed E-state index contributed by atoms with van der Waals surface area (Å²) in [6.45, 7) is 3.86. The number of amides is 4. The molecule has 8 rings (SSSR count). The number of aromatic hydroxyl groups is 1. The van der Waals surface area contributed by atoms with E-state index in [4.69, 9.17) is 39.5 Å². The molecule has 0 spiro atoms. The molecule has 4 amide bonds. The number of methoxy groups -OCH3 is 1. The van der Waals surface area contributed by atoms with E-state index < -0.39 is 46.8 Å². The SMILES string of the molecule is C=CCc1cccc(C2C3=CCC4C(=O)N(c5ccc(Cl)cc5)C(=O)C4C3CC3C(=O)N(Nc4ccc(Cl)cc4Cl)C(=O)C32c2ccc(OC)cc2)c1O. The van der Waals surface area contributed by atoms with E-state index in [1.54, 1.807) is 84.9 Å². The third kappa shape index (κ3) is 5.35. The standard InChI is InChI=1S/C42H34Cl3N3O6/c1-3-5-22-6-4-7-30(37(22)49)36-28-17-18-29-35(40(52)47(38(29)50)26-13-10-24(43)11-14-26)31(28)21-32-39(51)48(46-34-19-12-25(44)20-33(34)45)41(53)42(32,36)23-8-15-27(54-2)16-9-23/h3-4,6-17,19-20,29,31-32,35-36,46,49H,1,5,18,21H2,2H3. The van der Waals surface area contributed by atoms with Crippen molar-refractivity contribution >= 4 is 69.8 Å². The van der Waals surface area contributed by atoms with Crippen LogP contribution in [0.15, 0.2) is 109 Å². The van der Waals surface area contributed by atoms with Crippen LogP contribution in [0.25, 0.3) is 0 Å². The summed E-state index contributed by atoms with van der Waals surface area (Å²) in [6.07, 6.45) is 4.26. The fourth-order valence-corrected chi connectivity index (χ4v) is 9.77. The zero-order valence-corrected chi connectivity index (χ0v) is 31.2. The highest BCUT2D eigenvalue weighted by Gasteiger charge is 2.70. The van der Waals surface area contributed by atoms with Crippen molar-refractivity contribution in [3.8, 4) is 11.5 Å². The molecule has 12 heteroatoms. The second-order valence-electron chi connectivity index (χ2n) is 14.0. The van der Waals surface area contributed by atoms with Gasteiger partial charge < -0.3 is 9.84 Å². The van der Waals surface area contributed by atoms with E-state index in [1.807, 2.05) is 6.08 Å². The van der Waals surface area contributed by atoms with Crippen molar-refractivity contribution in [2.45, 2.75) is 30.6 Å². The van der Waals surface area contributed by atoms with Gasteiger partial charge >= 0.3 is 0 Å². The Hall–Kier alpha value is -5.09. The average Bonchev–Trinajstić information content (AvgIpc) is 3.55. The lowest BCUT2D eigenvalue weighted by Crippen LogP contribution is -2.53. The van der Waals surface area contributed by atoms with Gasteiger partial charge in [-0.3, -0.25) is 29.5 Å². The van der Waals surface area contributed by atoms with Gasteiger partial charge in [0.1, 0.15) is 11.5 Å². The molecule has 0 radical (unpaired) electrons. The van der Waals surface area contributed by atoms with Crippen LogP contribution < -0.4 is 15.1 Å². The Morgan fingerprint density at radius 3 is 2.31 bits per heavy atom. The minimum absolute atomic E-state index is 0.0401. The van der Waals surface area contributed by atoms with Crippen LogP contribution in [0.1, 0.15) is 35.4 Å². The van der Waals surface area contributed by atoms with Gasteiger partial charge in [-0.25, -0.2) is 0 Å². The van der Waals surface area contributed by atoms with Crippen LogP contribution in [-0.2, 0) is 31.0 Å². The average molecular weight is 783 g/mol. The lowest BCUT2D eigenvalue weighted by molar-refractivity contribution is -0.138. The van der Waals surface area contributed by atoms with Gasteiger partial charge in [-0.05, 0) is 90.9 Å². The van der Waals surface area contributed by atoms with Crippen LogP contribution in [0.3, 0.4) is 0 Å². The number of hydrazine groups is 1. The molecule has 2 heterocycles. The first-order valence-electron chi connectivity index (χ1n) is 17.5. The molecule has 2 saturated heterocycles. The van der Waals surface area contributed by atoms with Crippen molar-refractivity contribution < 1.29 is 29.0 Å². The lowest BCUT2D eigenvalue weighted by atomic mass is 9.49. The second kappa shape index (κ2) is 13.6. The predicted octanol–water partition coefficient (Wildman–Crippen LogP) is 8.28. The molecule has 9 nitrogen and oxygen atoms in total. The molecular formula is C42H34Cl3N3O6. The van der Waals surface area contributed by atoms with Crippen LogP contribution in [-0.4, -0.2) is 40.9 Å². The van der Waals surface area contributed by atoms with Crippen LogP contribution in [0.5, 0.6) is 11.5 Å². The number of hydrogen-bond donors (Lipinski definition) is 2. The maximum Gasteiger partial charge on any atom is 0.260 e. The summed E-state index contributed by atoms with van der Waals surface area (Å²) >= 11 is 18.9. The van der Waals surface area contributed by atoms with E-state index in [2.05, 4.69) is 12.0 Å². The minimum atomic E-state index is -1.61. The normalized spacial score (nSPS) is 25.9. The van der Waals surface area contributed by atoms with Crippen molar-refractivity contribution in [1.82, 2.24) is 5.01 Å². The lowest BCUT2D eigenvalue weighted by Gasteiger charge is -2.50. The Balaban J connectivity index is 1.35. The molecule has 4 aliphatic rings. The van der Waals surface area contributed by atoms with Gasteiger partial charge in [-0.1, -0.05) is 82.9 Å². The molecule has 2 N–H and O–H groups in total.